The smallest absolute Gasteiger partial charge is 0.138 e. The molecular weight excluding hydrogens is 266 g/mol. The van der Waals surface area contributed by atoms with Crippen molar-refractivity contribution < 1.29 is 0 Å². The van der Waals surface area contributed by atoms with E-state index in [0.717, 1.165) is 28.3 Å². The van der Waals surface area contributed by atoms with Crippen LogP contribution in [0.25, 0.3) is 10.2 Å². The van der Waals surface area contributed by atoms with Gasteiger partial charge in [0, 0.05) is 17.8 Å². The number of aryl methyl sites for hydroxylation is 2. The second-order valence-corrected chi connectivity index (χ2v) is 7.63. The molecule has 3 atom stereocenters. The van der Waals surface area contributed by atoms with Crippen molar-refractivity contribution >= 4 is 27.4 Å². The number of thiophene rings is 1. The van der Waals surface area contributed by atoms with E-state index in [0.29, 0.717) is 5.92 Å². The van der Waals surface area contributed by atoms with Gasteiger partial charge in [-0.25, -0.2) is 9.97 Å². The van der Waals surface area contributed by atoms with Crippen molar-refractivity contribution in [3.63, 3.8) is 0 Å². The molecule has 1 N–H and O–H groups in total. The average molecular weight is 287 g/mol. The highest BCUT2D eigenvalue weighted by molar-refractivity contribution is 7.18. The molecule has 2 aliphatic rings. The van der Waals surface area contributed by atoms with Gasteiger partial charge >= 0.3 is 0 Å². The zero-order valence-corrected chi connectivity index (χ0v) is 13.2. The quantitative estimate of drug-likeness (QED) is 0.897. The fourth-order valence-corrected chi connectivity index (χ4v) is 5.21. The van der Waals surface area contributed by atoms with Crippen LogP contribution in [0.5, 0.6) is 0 Å². The summed E-state index contributed by atoms with van der Waals surface area (Å²) in [7, 11) is 1.97. The summed E-state index contributed by atoms with van der Waals surface area (Å²) in [6, 6.07) is 0. The Morgan fingerprint density at radius 3 is 2.65 bits per heavy atom. The summed E-state index contributed by atoms with van der Waals surface area (Å²) in [5.74, 6) is 4.50. The van der Waals surface area contributed by atoms with Crippen LogP contribution in [-0.4, -0.2) is 17.0 Å². The minimum absolute atomic E-state index is 0.605. The molecule has 0 spiro atoms. The van der Waals surface area contributed by atoms with E-state index in [1.54, 1.807) is 0 Å². The topological polar surface area (TPSA) is 37.8 Å². The first-order chi connectivity index (χ1) is 9.67. The van der Waals surface area contributed by atoms with Gasteiger partial charge in [-0.2, -0.15) is 0 Å². The van der Waals surface area contributed by atoms with Crippen LogP contribution in [0.3, 0.4) is 0 Å². The van der Waals surface area contributed by atoms with Gasteiger partial charge in [0.15, 0.2) is 0 Å². The monoisotopic (exact) mass is 287 g/mol. The van der Waals surface area contributed by atoms with Crippen molar-refractivity contribution in [3.8, 4) is 0 Å². The number of fused-ring (bicyclic) bond motifs is 3. The zero-order chi connectivity index (χ0) is 13.9. The maximum Gasteiger partial charge on any atom is 0.138 e. The van der Waals surface area contributed by atoms with E-state index < -0.39 is 0 Å². The predicted octanol–water partition coefficient (Wildman–Crippen LogP) is 4.25. The Bertz CT molecular complexity index is 676. The Morgan fingerprint density at radius 1 is 1.15 bits per heavy atom. The highest BCUT2D eigenvalue weighted by Gasteiger charge is 2.41. The summed E-state index contributed by atoms with van der Waals surface area (Å²) < 4.78 is 0. The summed E-state index contributed by atoms with van der Waals surface area (Å²) in [6.45, 7) is 4.36. The maximum absolute atomic E-state index is 4.93. The third kappa shape index (κ3) is 1.70. The molecule has 20 heavy (non-hydrogen) atoms. The fraction of sp³-hybridized carbons (Fsp3) is 0.625. The number of anilines is 1. The van der Waals surface area contributed by atoms with Crippen molar-refractivity contribution in [2.75, 3.05) is 12.4 Å². The van der Waals surface area contributed by atoms with E-state index in [4.69, 9.17) is 9.97 Å². The van der Waals surface area contributed by atoms with E-state index in [1.807, 2.05) is 18.4 Å². The van der Waals surface area contributed by atoms with Crippen LogP contribution in [0.15, 0.2) is 0 Å². The molecule has 106 valence electrons. The van der Waals surface area contributed by atoms with E-state index in [9.17, 15) is 0 Å². The number of hydrogen-bond acceptors (Lipinski definition) is 4. The first-order valence-electron chi connectivity index (χ1n) is 7.62. The molecule has 2 fully saturated rings. The highest BCUT2D eigenvalue weighted by atomic mass is 32.1. The van der Waals surface area contributed by atoms with E-state index in [-0.39, 0.29) is 0 Å². The third-order valence-corrected chi connectivity index (χ3v) is 6.45. The van der Waals surface area contributed by atoms with Crippen LogP contribution in [-0.2, 0) is 0 Å². The molecule has 2 heterocycles. The van der Waals surface area contributed by atoms with Crippen LogP contribution in [0, 0.1) is 25.7 Å². The molecule has 2 aromatic rings. The lowest BCUT2D eigenvalue weighted by molar-refractivity contribution is 0.406. The van der Waals surface area contributed by atoms with E-state index in [1.165, 1.54) is 41.5 Å². The van der Waals surface area contributed by atoms with Gasteiger partial charge in [-0.05, 0) is 50.5 Å². The summed E-state index contributed by atoms with van der Waals surface area (Å²) in [5.41, 5.74) is 1.33. The highest BCUT2D eigenvalue weighted by Crippen LogP contribution is 2.52. The Hall–Kier alpha value is -1.16. The van der Waals surface area contributed by atoms with Gasteiger partial charge in [-0.3, -0.25) is 0 Å². The van der Waals surface area contributed by atoms with Crippen molar-refractivity contribution in [2.24, 2.45) is 11.8 Å². The molecule has 3 nitrogen and oxygen atoms in total. The Labute approximate surface area is 123 Å². The summed E-state index contributed by atoms with van der Waals surface area (Å²) >= 11 is 1.81. The lowest BCUT2D eigenvalue weighted by Crippen LogP contribution is -2.13. The largest absolute Gasteiger partial charge is 0.372 e. The molecule has 0 radical (unpaired) electrons. The zero-order valence-electron chi connectivity index (χ0n) is 12.4. The summed E-state index contributed by atoms with van der Waals surface area (Å²) in [5, 5.41) is 4.51. The molecule has 0 saturated heterocycles. The van der Waals surface area contributed by atoms with Gasteiger partial charge in [0.1, 0.15) is 16.5 Å². The van der Waals surface area contributed by atoms with Gasteiger partial charge in [0.25, 0.3) is 0 Å². The lowest BCUT2D eigenvalue weighted by atomic mass is 9.88. The van der Waals surface area contributed by atoms with Crippen LogP contribution in [0.1, 0.15) is 47.9 Å². The van der Waals surface area contributed by atoms with E-state index >= 15 is 0 Å². The number of nitrogens with zero attached hydrogens (tertiary/aromatic N) is 2. The predicted molar refractivity (Wildman–Crippen MR) is 84.6 cm³/mol. The number of rotatable bonds is 2. The molecule has 0 aromatic carbocycles. The Balaban J connectivity index is 1.85. The third-order valence-electron chi connectivity index (χ3n) is 5.35. The Morgan fingerprint density at radius 2 is 2.00 bits per heavy atom. The van der Waals surface area contributed by atoms with Crippen molar-refractivity contribution in [2.45, 2.75) is 45.4 Å². The number of hydrogen-bond donors (Lipinski definition) is 1. The van der Waals surface area contributed by atoms with Gasteiger partial charge in [-0.15, -0.1) is 11.3 Å². The molecule has 4 heteroatoms. The van der Waals surface area contributed by atoms with Crippen LogP contribution < -0.4 is 5.32 Å². The molecule has 0 amide bonds. The van der Waals surface area contributed by atoms with Crippen LogP contribution >= 0.6 is 11.3 Å². The molecular formula is C16H21N3S. The molecule has 2 aromatic heterocycles. The minimum Gasteiger partial charge on any atom is -0.372 e. The SMILES string of the molecule is CNc1nc(C2CC3CCC2C3)nc2sc(C)c(C)c12. The fourth-order valence-electron chi connectivity index (χ4n) is 4.17. The second kappa shape index (κ2) is 4.42. The van der Waals surface area contributed by atoms with Crippen LogP contribution in [0.2, 0.25) is 0 Å². The first-order valence-corrected chi connectivity index (χ1v) is 8.44. The summed E-state index contributed by atoms with van der Waals surface area (Å²) in [4.78, 5) is 12.3. The molecule has 2 saturated carbocycles. The number of aromatic nitrogens is 2. The Kier molecular flexibility index (Phi) is 2.78. The van der Waals surface area contributed by atoms with Crippen molar-refractivity contribution in [1.29, 1.82) is 0 Å². The molecule has 0 aliphatic heterocycles. The van der Waals surface area contributed by atoms with Gasteiger partial charge in [0.05, 0.1) is 5.39 Å². The minimum atomic E-state index is 0.605. The van der Waals surface area contributed by atoms with Crippen LogP contribution in [0.4, 0.5) is 5.82 Å². The van der Waals surface area contributed by atoms with Gasteiger partial charge in [-0.1, -0.05) is 6.42 Å². The molecule has 4 rings (SSSR count). The molecule has 3 unspecified atom stereocenters. The number of nitrogens with one attached hydrogen (secondary N) is 1. The first kappa shape index (κ1) is 12.6. The van der Waals surface area contributed by atoms with Crippen molar-refractivity contribution in [1.82, 2.24) is 9.97 Å². The van der Waals surface area contributed by atoms with Crippen molar-refractivity contribution in [3.05, 3.63) is 16.3 Å². The lowest BCUT2D eigenvalue weighted by Gasteiger charge is -2.20. The molecule has 2 bridgehead atoms. The summed E-state index contributed by atoms with van der Waals surface area (Å²) in [6.07, 6.45) is 5.53. The van der Waals surface area contributed by atoms with Gasteiger partial charge in [0.2, 0.25) is 0 Å². The second-order valence-electron chi connectivity index (χ2n) is 6.43. The normalized spacial score (nSPS) is 28.4. The average Bonchev–Trinajstić information content (AvgIpc) is 3.14. The maximum atomic E-state index is 4.93. The van der Waals surface area contributed by atoms with Gasteiger partial charge < -0.3 is 5.32 Å². The molecule has 2 aliphatic carbocycles. The standard InChI is InChI=1S/C16H21N3S/c1-8-9(2)20-16-13(8)15(17-3)18-14(19-16)12-7-10-4-5-11(12)6-10/h10-12H,4-7H2,1-3H3,(H,17,18,19). The van der Waals surface area contributed by atoms with E-state index in [2.05, 4.69) is 19.2 Å².